The van der Waals surface area contributed by atoms with Gasteiger partial charge >= 0.3 is 11.7 Å². The Hall–Kier alpha value is -5.24. The summed E-state index contributed by atoms with van der Waals surface area (Å²) in [7, 11) is 0. The molecule has 0 aromatic heterocycles. The van der Waals surface area contributed by atoms with Gasteiger partial charge in [0.15, 0.2) is 23.9 Å². The average Bonchev–Trinajstić information content (AvgIpc) is 2.96. The molecule has 0 amide bonds. The largest absolute Gasteiger partial charge is 0.490 e. The van der Waals surface area contributed by atoms with Crippen molar-refractivity contribution in [3.8, 4) is 34.8 Å². The van der Waals surface area contributed by atoms with Gasteiger partial charge in [-0.15, -0.1) is 0 Å². The fourth-order valence-electron chi connectivity index (χ4n) is 4.37. The number of esters is 1. The zero-order valence-electron chi connectivity index (χ0n) is 23.5. The summed E-state index contributed by atoms with van der Waals surface area (Å²) in [5.41, 5.74) is 7.48. The number of carbonyl (C=O) groups excluding carboxylic acids is 1. The number of carbonyl (C=O) groups is 1. The second kappa shape index (κ2) is 13.4. The van der Waals surface area contributed by atoms with Crippen LogP contribution in [0.1, 0.15) is 44.2 Å². The number of para-hydroxylation sites is 2. The fourth-order valence-corrected chi connectivity index (χ4v) is 4.37. The highest BCUT2D eigenvalue weighted by Crippen LogP contribution is 2.45. The standard InChI is InChI=1S/C31H31N3O8/c1-4-38-28-15-20(9-12-26(28)39-14-13-19(2)3)30-22-11-10-21(16-27(22)42-31(33)23(30)17-32)41-29(35)18-40-25-8-6-5-7-24(25)34(36)37/h5-12,15-16,19,30H,4,13-14,18,33H2,1-3H3. The molecule has 0 radical (unpaired) electrons. The molecule has 0 spiro atoms. The van der Waals surface area contributed by atoms with Crippen LogP contribution >= 0.6 is 0 Å². The second-order valence-electron chi connectivity index (χ2n) is 9.78. The Kier molecular flexibility index (Phi) is 9.50. The van der Waals surface area contributed by atoms with Crippen LogP contribution in [0.5, 0.6) is 28.7 Å². The van der Waals surface area contributed by atoms with Crippen LogP contribution in [0.25, 0.3) is 0 Å². The molecule has 42 heavy (non-hydrogen) atoms. The molecule has 0 aliphatic carbocycles. The fraction of sp³-hybridized carbons (Fsp3) is 0.290. The van der Waals surface area contributed by atoms with E-state index in [9.17, 15) is 20.2 Å². The first-order valence-corrected chi connectivity index (χ1v) is 13.4. The van der Waals surface area contributed by atoms with Gasteiger partial charge in [-0.25, -0.2) is 4.79 Å². The van der Waals surface area contributed by atoms with E-state index in [0.717, 1.165) is 12.0 Å². The Labute approximate surface area is 243 Å². The molecule has 3 aromatic carbocycles. The molecule has 1 aliphatic rings. The van der Waals surface area contributed by atoms with Crippen LogP contribution in [-0.4, -0.2) is 30.7 Å². The van der Waals surface area contributed by atoms with E-state index in [1.54, 1.807) is 18.2 Å². The quantitative estimate of drug-likeness (QED) is 0.125. The normalized spacial score (nSPS) is 13.9. The number of rotatable bonds is 12. The van der Waals surface area contributed by atoms with Crippen molar-refractivity contribution in [3.63, 3.8) is 0 Å². The van der Waals surface area contributed by atoms with Crippen molar-refractivity contribution in [1.82, 2.24) is 0 Å². The summed E-state index contributed by atoms with van der Waals surface area (Å²) in [6, 6.07) is 18.1. The summed E-state index contributed by atoms with van der Waals surface area (Å²) in [5, 5.41) is 21.1. The van der Waals surface area contributed by atoms with Crippen molar-refractivity contribution in [3.05, 3.63) is 93.4 Å². The van der Waals surface area contributed by atoms with Crippen molar-refractivity contribution in [1.29, 1.82) is 5.26 Å². The van der Waals surface area contributed by atoms with Crippen LogP contribution in [0, 0.1) is 27.4 Å². The Bertz CT molecular complexity index is 1540. The van der Waals surface area contributed by atoms with Crippen LogP contribution in [0.4, 0.5) is 5.69 Å². The van der Waals surface area contributed by atoms with Crippen LogP contribution in [-0.2, 0) is 4.79 Å². The number of hydrogen-bond donors (Lipinski definition) is 1. The summed E-state index contributed by atoms with van der Waals surface area (Å²) in [6.07, 6.45) is 0.893. The summed E-state index contributed by atoms with van der Waals surface area (Å²) >= 11 is 0. The number of nitriles is 1. The number of fused-ring (bicyclic) bond motifs is 1. The molecule has 4 rings (SSSR count). The summed E-state index contributed by atoms with van der Waals surface area (Å²) in [6.45, 7) is 6.53. The summed E-state index contributed by atoms with van der Waals surface area (Å²) in [4.78, 5) is 23.0. The molecular formula is C31H31N3O8. The Balaban J connectivity index is 1.56. The monoisotopic (exact) mass is 573 g/mol. The molecular weight excluding hydrogens is 542 g/mol. The minimum Gasteiger partial charge on any atom is -0.490 e. The van der Waals surface area contributed by atoms with Gasteiger partial charge in [0.1, 0.15) is 23.1 Å². The predicted octanol–water partition coefficient (Wildman–Crippen LogP) is 5.62. The van der Waals surface area contributed by atoms with E-state index < -0.39 is 23.4 Å². The molecule has 1 heterocycles. The van der Waals surface area contributed by atoms with Crippen LogP contribution in [0.2, 0.25) is 0 Å². The highest BCUT2D eigenvalue weighted by molar-refractivity contribution is 5.74. The van der Waals surface area contributed by atoms with Crippen molar-refractivity contribution in [2.24, 2.45) is 11.7 Å². The van der Waals surface area contributed by atoms with Gasteiger partial charge in [0, 0.05) is 17.7 Å². The van der Waals surface area contributed by atoms with Gasteiger partial charge in [-0.1, -0.05) is 38.1 Å². The predicted molar refractivity (Wildman–Crippen MR) is 153 cm³/mol. The van der Waals surface area contributed by atoms with E-state index in [4.69, 9.17) is 29.4 Å². The first-order chi connectivity index (χ1) is 20.2. The molecule has 2 N–H and O–H groups in total. The van der Waals surface area contributed by atoms with Gasteiger partial charge in [0.2, 0.25) is 5.88 Å². The van der Waals surface area contributed by atoms with Crippen molar-refractivity contribution in [2.75, 3.05) is 19.8 Å². The van der Waals surface area contributed by atoms with Gasteiger partial charge in [-0.05, 0) is 49.1 Å². The van der Waals surface area contributed by atoms with Crippen LogP contribution < -0.4 is 29.4 Å². The lowest BCUT2D eigenvalue weighted by Gasteiger charge is -2.27. The zero-order valence-corrected chi connectivity index (χ0v) is 23.5. The molecule has 0 bridgehead atoms. The zero-order chi connectivity index (χ0) is 30.2. The third kappa shape index (κ3) is 6.90. The van der Waals surface area contributed by atoms with Gasteiger partial charge < -0.3 is 29.4 Å². The first kappa shape index (κ1) is 29.7. The van der Waals surface area contributed by atoms with E-state index in [1.165, 1.54) is 24.3 Å². The lowest BCUT2D eigenvalue weighted by Crippen LogP contribution is -2.22. The first-order valence-electron chi connectivity index (χ1n) is 13.4. The molecule has 1 unspecified atom stereocenters. The average molecular weight is 574 g/mol. The Morgan fingerprint density at radius 3 is 2.57 bits per heavy atom. The van der Waals surface area contributed by atoms with Crippen LogP contribution in [0.15, 0.2) is 72.1 Å². The molecule has 1 aliphatic heterocycles. The number of nitrogens with zero attached hydrogens (tertiary/aromatic N) is 2. The van der Waals surface area contributed by atoms with Gasteiger partial charge in [-0.2, -0.15) is 5.26 Å². The third-order valence-corrected chi connectivity index (χ3v) is 6.38. The maximum atomic E-state index is 12.5. The van der Waals surface area contributed by atoms with E-state index in [0.29, 0.717) is 41.9 Å². The molecule has 218 valence electrons. The van der Waals surface area contributed by atoms with Gasteiger partial charge in [0.25, 0.3) is 0 Å². The maximum absolute atomic E-state index is 12.5. The lowest BCUT2D eigenvalue weighted by molar-refractivity contribution is -0.385. The Morgan fingerprint density at radius 2 is 1.86 bits per heavy atom. The van der Waals surface area contributed by atoms with Gasteiger partial charge in [-0.3, -0.25) is 10.1 Å². The van der Waals surface area contributed by atoms with E-state index in [1.807, 2.05) is 25.1 Å². The second-order valence-corrected chi connectivity index (χ2v) is 9.78. The van der Waals surface area contributed by atoms with E-state index in [-0.39, 0.29) is 28.6 Å². The number of nitro benzene ring substituents is 1. The maximum Gasteiger partial charge on any atom is 0.349 e. The van der Waals surface area contributed by atoms with Gasteiger partial charge in [0.05, 0.1) is 24.1 Å². The summed E-state index contributed by atoms with van der Waals surface area (Å²) < 4.78 is 28.2. The molecule has 11 heteroatoms. The Morgan fingerprint density at radius 1 is 1.07 bits per heavy atom. The number of ether oxygens (including phenoxy) is 5. The third-order valence-electron chi connectivity index (χ3n) is 6.38. The van der Waals surface area contributed by atoms with E-state index in [2.05, 4.69) is 19.9 Å². The molecule has 11 nitrogen and oxygen atoms in total. The SMILES string of the molecule is CCOc1cc(C2C(C#N)=C(N)Oc3cc(OC(=O)COc4ccccc4[N+](=O)[O-])ccc32)ccc1OCCC(C)C. The molecule has 1 atom stereocenters. The van der Waals surface area contributed by atoms with Crippen molar-refractivity contribution < 1.29 is 33.4 Å². The number of hydrogen-bond acceptors (Lipinski definition) is 10. The van der Waals surface area contributed by atoms with Crippen molar-refractivity contribution >= 4 is 11.7 Å². The highest BCUT2D eigenvalue weighted by atomic mass is 16.6. The number of nitro groups is 1. The summed E-state index contributed by atoms with van der Waals surface area (Å²) in [5.74, 6) is 0.602. The highest BCUT2D eigenvalue weighted by Gasteiger charge is 2.32. The smallest absolute Gasteiger partial charge is 0.349 e. The number of nitrogens with two attached hydrogens (primary N) is 1. The molecule has 0 fully saturated rings. The topological polar surface area (TPSA) is 156 Å². The van der Waals surface area contributed by atoms with E-state index >= 15 is 0 Å². The number of allylic oxidation sites excluding steroid dienone is 1. The minimum atomic E-state index is -0.781. The molecule has 0 saturated heterocycles. The number of benzene rings is 3. The minimum absolute atomic E-state index is 0.0548. The molecule has 3 aromatic rings. The van der Waals surface area contributed by atoms with Crippen LogP contribution in [0.3, 0.4) is 0 Å². The van der Waals surface area contributed by atoms with Crippen molar-refractivity contribution in [2.45, 2.75) is 33.1 Å². The molecule has 0 saturated carbocycles. The lowest BCUT2D eigenvalue weighted by atomic mass is 9.83.